The van der Waals surface area contributed by atoms with Crippen LogP contribution in [0.3, 0.4) is 0 Å². The number of nitrogens with zero attached hydrogens (tertiary/aromatic N) is 2. The fraction of sp³-hybridized carbons (Fsp3) is 1.00. The Morgan fingerprint density at radius 1 is 0.938 bits per heavy atom. The van der Waals surface area contributed by atoms with Crippen LogP contribution in [0, 0.1) is 0 Å². The van der Waals surface area contributed by atoms with Gasteiger partial charge in [-0.2, -0.15) is 0 Å². The molecular formula is C12H27KN2O. The van der Waals surface area contributed by atoms with Gasteiger partial charge in [0.2, 0.25) is 0 Å². The fourth-order valence-electron chi connectivity index (χ4n) is 1.75. The molecule has 0 amide bonds. The summed E-state index contributed by atoms with van der Waals surface area (Å²) in [7, 11) is 0. The van der Waals surface area contributed by atoms with Crippen molar-refractivity contribution >= 4 is 0 Å². The summed E-state index contributed by atoms with van der Waals surface area (Å²) in [5, 5.41) is 10.4. The summed E-state index contributed by atoms with van der Waals surface area (Å²) in [5.41, 5.74) is 0. The minimum Gasteiger partial charge on any atom is -0.854 e. The van der Waals surface area contributed by atoms with Crippen LogP contribution in [0.4, 0.5) is 0 Å². The van der Waals surface area contributed by atoms with Crippen molar-refractivity contribution in [3.8, 4) is 0 Å². The summed E-state index contributed by atoms with van der Waals surface area (Å²) in [6.45, 7) is 12.7. The fourth-order valence-corrected chi connectivity index (χ4v) is 1.75. The molecule has 0 aromatic heterocycles. The maximum Gasteiger partial charge on any atom is 1.00 e. The maximum atomic E-state index is 10.4. The van der Waals surface area contributed by atoms with Gasteiger partial charge >= 0.3 is 51.4 Å². The molecule has 3 nitrogen and oxygen atoms in total. The van der Waals surface area contributed by atoms with E-state index < -0.39 is 0 Å². The van der Waals surface area contributed by atoms with E-state index in [1.54, 1.807) is 0 Å². The Balaban J connectivity index is 0. The van der Waals surface area contributed by atoms with Crippen LogP contribution in [-0.4, -0.2) is 55.7 Å². The average Bonchev–Trinajstić information content (AvgIpc) is 2.31. The number of rotatable bonds is 5. The van der Waals surface area contributed by atoms with Gasteiger partial charge in [0.15, 0.2) is 0 Å². The molecule has 0 N–H and O–H groups in total. The summed E-state index contributed by atoms with van der Waals surface area (Å²) in [6, 6.07) is 0. The molecule has 0 bridgehead atoms. The SMILES string of the molecule is CC.CCCCN1CCN(CC[O-])CC1.[K+]. The molecule has 1 saturated heterocycles. The monoisotopic (exact) mass is 254 g/mol. The summed E-state index contributed by atoms with van der Waals surface area (Å²) in [4.78, 5) is 4.78. The zero-order valence-corrected chi connectivity index (χ0v) is 14.8. The maximum absolute atomic E-state index is 10.4. The third-order valence-electron chi connectivity index (χ3n) is 2.70. The van der Waals surface area contributed by atoms with Gasteiger partial charge in [-0.25, -0.2) is 0 Å². The molecule has 0 aromatic carbocycles. The smallest absolute Gasteiger partial charge is 0.854 e. The second kappa shape index (κ2) is 14.6. The van der Waals surface area contributed by atoms with E-state index in [1.165, 1.54) is 19.4 Å². The Kier molecular flexibility index (Phi) is 18.1. The van der Waals surface area contributed by atoms with Gasteiger partial charge in [-0.05, 0) is 19.5 Å². The molecule has 4 heteroatoms. The van der Waals surface area contributed by atoms with Gasteiger partial charge in [0.25, 0.3) is 0 Å². The Morgan fingerprint density at radius 3 is 1.75 bits per heavy atom. The number of piperazine rings is 1. The molecule has 0 aliphatic carbocycles. The molecule has 1 fully saturated rings. The minimum atomic E-state index is 0. The van der Waals surface area contributed by atoms with Crippen LogP contribution < -0.4 is 56.5 Å². The molecule has 0 spiro atoms. The van der Waals surface area contributed by atoms with E-state index in [9.17, 15) is 5.11 Å². The zero-order chi connectivity index (χ0) is 11.5. The van der Waals surface area contributed by atoms with Crippen LogP contribution in [-0.2, 0) is 0 Å². The van der Waals surface area contributed by atoms with Crippen molar-refractivity contribution in [2.24, 2.45) is 0 Å². The van der Waals surface area contributed by atoms with E-state index in [0.717, 1.165) is 32.7 Å². The third kappa shape index (κ3) is 9.54. The van der Waals surface area contributed by atoms with Crippen LogP contribution in [0.15, 0.2) is 0 Å². The molecule has 1 heterocycles. The van der Waals surface area contributed by atoms with Crippen molar-refractivity contribution < 1.29 is 56.5 Å². The number of unbranched alkanes of at least 4 members (excludes halogenated alkanes) is 1. The second-order valence-corrected chi connectivity index (χ2v) is 3.74. The van der Waals surface area contributed by atoms with Gasteiger partial charge in [0.05, 0.1) is 0 Å². The Morgan fingerprint density at radius 2 is 1.38 bits per heavy atom. The molecule has 0 aromatic rings. The third-order valence-corrected chi connectivity index (χ3v) is 2.70. The van der Waals surface area contributed by atoms with E-state index >= 15 is 0 Å². The first-order valence-electron chi connectivity index (χ1n) is 6.39. The molecule has 16 heavy (non-hydrogen) atoms. The van der Waals surface area contributed by atoms with E-state index in [-0.39, 0.29) is 58.0 Å². The van der Waals surface area contributed by atoms with Crippen molar-refractivity contribution in [3.05, 3.63) is 0 Å². The van der Waals surface area contributed by atoms with Crippen LogP contribution >= 0.6 is 0 Å². The zero-order valence-electron chi connectivity index (χ0n) is 11.7. The van der Waals surface area contributed by atoms with Crippen molar-refractivity contribution in [2.45, 2.75) is 33.6 Å². The molecule has 1 rings (SSSR count). The van der Waals surface area contributed by atoms with Gasteiger partial charge in [-0.3, -0.25) is 0 Å². The predicted molar refractivity (Wildman–Crippen MR) is 64.0 cm³/mol. The van der Waals surface area contributed by atoms with Crippen LogP contribution in [0.1, 0.15) is 33.6 Å². The average molecular weight is 254 g/mol. The van der Waals surface area contributed by atoms with Crippen molar-refractivity contribution in [3.63, 3.8) is 0 Å². The molecule has 0 atom stereocenters. The first-order chi connectivity index (χ1) is 7.36. The molecular weight excluding hydrogens is 227 g/mol. The van der Waals surface area contributed by atoms with Gasteiger partial charge in [0, 0.05) is 26.2 Å². The molecule has 1 aliphatic rings. The summed E-state index contributed by atoms with van der Waals surface area (Å²) in [6.07, 6.45) is 2.59. The molecule has 1 aliphatic heterocycles. The Hall–Kier alpha value is 1.52. The van der Waals surface area contributed by atoms with Crippen molar-refractivity contribution in [1.82, 2.24) is 9.80 Å². The number of hydrogen-bond acceptors (Lipinski definition) is 3. The Bertz CT molecular complexity index is 128. The normalized spacial score (nSPS) is 17.2. The van der Waals surface area contributed by atoms with Gasteiger partial charge in [-0.15, -0.1) is 6.61 Å². The predicted octanol–water partition coefficient (Wildman–Crippen LogP) is -2.21. The Labute approximate surface area is 144 Å². The summed E-state index contributed by atoms with van der Waals surface area (Å²) in [5.74, 6) is 0. The van der Waals surface area contributed by atoms with E-state index in [1.807, 2.05) is 13.8 Å². The summed E-state index contributed by atoms with van der Waals surface area (Å²) >= 11 is 0. The first-order valence-corrected chi connectivity index (χ1v) is 6.39. The molecule has 92 valence electrons. The molecule has 0 saturated carbocycles. The summed E-state index contributed by atoms with van der Waals surface area (Å²) < 4.78 is 0. The minimum absolute atomic E-state index is 0. The standard InChI is InChI=1S/C10H21N2O.C2H6.K/c1-2-3-4-11-5-7-12(8-6-11)9-10-13;1-2;/h2-10H2,1H3;1-2H3;/q-1;;+1. The first kappa shape index (κ1) is 19.8. The quantitative estimate of drug-likeness (QED) is 0.521. The van der Waals surface area contributed by atoms with Crippen molar-refractivity contribution in [2.75, 3.05) is 45.9 Å². The van der Waals surface area contributed by atoms with E-state index in [4.69, 9.17) is 0 Å². The molecule has 0 radical (unpaired) electrons. The second-order valence-electron chi connectivity index (χ2n) is 3.74. The van der Waals surface area contributed by atoms with Gasteiger partial charge in [-0.1, -0.05) is 27.2 Å². The van der Waals surface area contributed by atoms with Crippen LogP contribution in [0.2, 0.25) is 0 Å². The van der Waals surface area contributed by atoms with E-state index in [2.05, 4.69) is 16.7 Å². The number of hydrogen-bond donors (Lipinski definition) is 0. The van der Waals surface area contributed by atoms with Crippen LogP contribution in [0.25, 0.3) is 0 Å². The topological polar surface area (TPSA) is 29.5 Å². The van der Waals surface area contributed by atoms with Crippen LogP contribution in [0.5, 0.6) is 0 Å². The van der Waals surface area contributed by atoms with Crippen molar-refractivity contribution in [1.29, 1.82) is 0 Å². The molecule has 0 unspecified atom stereocenters. The van der Waals surface area contributed by atoms with E-state index in [0.29, 0.717) is 0 Å². The van der Waals surface area contributed by atoms with Gasteiger partial charge in [0.1, 0.15) is 0 Å². The van der Waals surface area contributed by atoms with Gasteiger partial charge < -0.3 is 14.9 Å². The largest absolute Gasteiger partial charge is 1.00 e.